The summed E-state index contributed by atoms with van der Waals surface area (Å²) in [6, 6.07) is 8.84. The number of para-hydroxylation sites is 1. The van der Waals surface area contributed by atoms with Gasteiger partial charge in [0.25, 0.3) is 0 Å². The van der Waals surface area contributed by atoms with Crippen molar-refractivity contribution in [3.8, 4) is 11.8 Å². The molecule has 0 amide bonds. The van der Waals surface area contributed by atoms with Gasteiger partial charge in [-0.25, -0.2) is 4.79 Å². The molecule has 1 atom stereocenters. The summed E-state index contributed by atoms with van der Waals surface area (Å²) in [6.07, 6.45) is 0.0599. The van der Waals surface area contributed by atoms with Gasteiger partial charge in [0.15, 0.2) is 6.10 Å². The van der Waals surface area contributed by atoms with Crippen LogP contribution in [0.1, 0.15) is 39.7 Å². The van der Waals surface area contributed by atoms with E-state index >= 15 is 0 Å². The van der Waals surface area contributed by atoms with Crippen molar-refractivity contribution in [2.45, 2.75) is 40.2 Å². The Labute approximate surface area is 120 Å². The Morgan fingerprint density at radius 1 is 1.35 bits per heavy atom. The van der Waals surface area contributed by atoms with E-state index in [4.69, 9.17) is 14.7 Å². The second kappa shape index (κ2) is 6.95. The van der Waals surface area contributed by atoms with E-state index in [2.05, 4.69) is 20.8 Å². The third-order valence-corrected chi connectivity index (χ3v) is 2.74. The van der Waals surface area contributed by atoms with Crippen LogP contribution in [-0.2, 0) is 9.53 Å². The molecule has 0 aliphatic heterocycles. The minimum Gasteiger partial charge on any atom is -0.478 e. The highest BCUT2D eigenvalue weighted by atomic mass is 16.6. The first kappa shape index (κ1) is 16.0. The normalized spacial score (nSPS) is 12.3. The van der Waals surface area contributed by atoms with Gasteiger partial charge in [0.2, 0.25) is 0 Å². The zero-order valence-electron chi connectivity index (χ0n) is 12.5. The lowest BCUT2D eigenvalue weighted by molar-refractivity contribution is -0.151. The number of ether oxygens (including phenoxy) is 2. The molecule has 1 aromatic rings. The average molecular weight is 275 g/mol. The molecule has 0 saturated heterocycles. The fraction of sp³-hybridized carbons (Fsp3) is 0.500. The molecule has 4 heteroatoms. The van der Waals surface area contributed by atoms with Crippen molar-refractivity contribution in [2.24, 2.45) is 5.41 Å². The first-order chi connectivity index (χ1) is 9.33. The molecule has 20 heavy (non-hydrogen) atoms. The second-order valence-electron chi connectivity index (χ2n) is 5.85. The number of nitriles is 1. The third kappa shape index (κ3) is 5.31. The van der Waals surface area contributed by atoms with Crippen molar-refractivity contribution in [3.05, 3.63) is 29.8 Å². The first-order valence-electron chi connectivity index (χ1n) is 6.66. The molecule has 0 fully saturated rings. The van der Waals surface area contributed by atoms with E-state index in [0.717, 1.165) is 6.42 Å². The Hall–Kier alpha value is -2.02. The summed E-state index contributed by atoms with van der Waals surface area (Å²) in [4.78, 5) is 11.8. The van der Waals surface area contributed by atoms with E-state index in [9.17, 15) is 4.79 Å². The van der Waals surface area contributed by atoms with Gasteiger partial charge < -0.3 is 9.47 Å². The van der Waals surface area contributed by atoms with Crippen LogP contribution in [0.15, 0.2) is 24.3 Å². The second-order valence-corrected chi connectivity index (χ2v) is 5.85. The summed E-state index contributed by atoms with van der Waals surface area (Å²) in [5.41, 5.74) is 0.527. The maximum Gasteiger partial charge on any atom is 0.347 e. The van der Waals surface area contributed by atoms with Crippen LogP contribution in [0.2, 0.25) is 0 Å². The molecule has 1 rings (SSSR count). The van der Waals surface area contributed by atoms with Gasteiger partial charge in [-0.15, -0.1) is 0 Å². The van der Waals surface area contributed by atoms with Crippen LogP contribution < -0.4 is 4.74 Å². The standard InChI is InChI=1S/C16H21NO3/c1-12(15(18)19-10-9-16(2,3)4)20-14-8-6-5-7-13(14)11-17/h5-8,12H,9-10H2,1-4H3. The van der Waals surface area contributed by atoms with Gasteiger partial charge in [-0.05, 0) is 30.9 Å². The van der Waals surface area contributed by atoms with Gasteiger partial charge in [0.1, 0.15) is 11.8 Å². The highest BCUT2D eigenvalue weighted by Gasteiger charge is 2.19. The number of hydrogen-bond acceptors (Lipinski definition) is 4. The average Bonchev–Trinajstić information content (AvgIpc) is 2.37. The molecule has 0 heterocycles. The topological polar surface area (TPSA) is 59.3 Å². The number of benzene rings is 1. The fourth-order valence-corrected chi connectivity index (χ4v) is 1.48. The predicted molar refractivity (Wildman–Crippen MR) is 76.3 cm³/mol. The summed E-state index contributed by atoms with van der Waals surface area (Å²) in [5.74, 6) is -0.0164. The molecule has 0 aromatic heterocycles. The maximum absolute atomic E-state index is 11.8. The van der Waals surface area contributed by atoms with Crippen LogP contribution in [0.3, 0.4) is 0 Å². The summed E-state index contributed by atoms with van der Waals surface area (Å²) in [6.45, 7) is 8.25. The van der Waals surface area contributed by atoms with E-state index < -0.39 is 12.1 Å². The number of carbonyl (C=O) groups excluding carboxylic acids is 1. The van der Waals surface area contributed by atoms with E-state index in [1.165, 1.54) is 0 Å². The number of nitrogens with zero attached hydrogens (tertiary/aromatic N) is 1. The SMILES string of the molecule is CC(Oc1ccccc1C#N)C(=O)OCCC(C)(C)C. The van der Waals surface area contributed by atoms with Crippen molar-refractivity contribution >= 4 is 5.97 Å². The van der Waals surface area contributed by atoms with Gasteiger partial charge in [-0.2, -0.15) is 5.26 Å². The van der Waals surface area contributed by atoms with Gasteiger partial charge in [-0.3, -0.25) is 0 Å². The van der Waals surface area contributed by atoms with Crippen molar-refractivity contribution in [1.82, 2.24) is 0 Å². The smallest absolute Gasteiger partial charge is 0.347 e. The lowest BCUT2D eigenvalue weighted by Gasteiger charge is -2.19. The molecular formula is C16H21NO3. The van der Waals surface area contributed by atoms with Gasteiger partial charge >= 0.3 is 5.97 Å². The molecular weight excluding hydrogens is 254 g/mol. The zero-order chi connectivity index (χ0) is 15.2. The fourth-order valence-electron chi connectivity index (χ4n) is 1.48. The monoisotopic (exact) mass is 275 g/mol. The van der Waals surface area contributed by atoms with Crippen molar-refractivity contribution in [3.63, 3.8) is 0 Å². The van der Waals surface area contributed by atoms with Gasteiger partial charge in [0.05, 0.1) is 12.2 Å². The van der Waals surface area contributed by atoms with Crippen LogP contribution in [0.5, 0.6) is 5.75 Å². The van der Waals surface area contributed by atoms with Crippen molar-refractivity contribution < 1.29 is 14.3 Å². The Morgan fingerprint density at radius 2 is 2.00 bits per heavy atom. The number of carbonyl (C=O) groups is 1. The Kier molecular flexibility index (Phi) is 5.57. The predicted octanol–water partition coefficient (Wildman–Crippen LogP) is 3.30. The largest absolute Gasteiger partial charge is 0.478 e. The van der Waals surface area contributed by atoms with Crippen LogP contribution in [0.4, 0.5) is 0 Å². The number of rotatable bonds is 5. The Morgan fingerprint density at radius 3 is 2.60 bits per heavy atom. The van der Waals surface area contributed by atoms with Crippen molar-refractivity contribution in [2.75, 3.05) is 6.61 Å². The maximum atomic E-state index is 11.8. The quantitative estimate of drug-likeness (QED) is 0.773. The first-order valence-corrected chi connectivity index (χ1v) is 6.66. The summed E-state index contributed by atoms with van der Waals surface area (Å²) in [5, 5.41) is 8.95. The molecule has 0 bridgehead atoms. The van der Waals surface area contributed by atoms with Gasteiger partial charge in [0, 0.05) is 0 Å². The molecule has 0 saturated carbocycles. The highest BCUT2D eigenvalue weighted by molar-refractivity contribution is 5.74. The minimum absolute atomic E-state index is 0.123. The molecule has 0 spiro atoms. The van der Waals surface area contributed by atoms with E-state index in [1.807, 2.05) is 6.07 Å². The molecule has 0 aliphatic carbocycles. The highest BCUT2D eigenvalue weighted by Crippen LogP contribution is 2.20. The van der Waals surface area contributed by atoms with Gasteiger partial charge in [-0.1, -0.05) is 32.9 Å². The number of esters is 1. The molecule has 0 radical (unpaired) electrons. The van der Waals surface area contributed by atoms with Crippen molar-refractivity contribution in [1.29, 1.82) is 5.26 Å². The molecule has 0 N–H and O–H groups in total. The lowest BCUT2D eigenvalue weighted by atomic mass is 9.93. The molecule has 1 aromatic carbocycles. The van der Waals surface area contributed by atoms with Crippen LogP contribution in [-0.4, -0.2) is 18.7 Å². The van der Waals surface area contributed by atoms with E-state index in [1.54, 1.807) is 31.2 Å². The summed E-state index contributed by atoms with van der Waals surface area (Å²) in [7, 11) is 0. The lowest BCUT2D eigenvalue weighted by Crippen LogP contribution is -2.27. The Bertz CT molecular complexity index is 497. The third-order valence-electron chi connectivity index (χ3n) is 2.74. The summed E-state index contributed by atoms with van der Waals surface area (Å²) >= 11 is 0. The van der Waals surface area contributed by atoms with Crippen LogP contribution in [0.25, 0.3) is 0 Å². The van der Waals surface area contributed by atoms with E-state index in [0.29, 0.717) is 17.9 Å². The minimum atomic E-state index is -0.732. The van der Waals surface area contributed by atoms with Crippen LogP contribution in [0, 0.1) is 16.7 Å². The van der Waals surface area contributed by atoms with E-state index in [-0.39, 0.29) is 5.41 Å². The van der Waals surface area contributed by atoms with Crippen LogP contribution >= 0.6 is 0 Å². The molecule has 1 unspecified atom stereocenters. The summed E-state index contributed by atoms with van der Waals surface area (Å²) < 4.78 is 10.7. The molecule has 108 valence electrons. The Balaban J connectivity index is 2.52. The molecule has 0 aliphatic rings. The zero-order valence-corrected chi connectivity index (χ0v) is 12.5. The molecule has 4 nitrogen and oxygen atoms in total. The number of hydrogen-bond donors (Lipinski definition) is 0.